The fraction of sp³-hybridized carbons (Fsp3) is 1.00. The van der Waals surface area contributed by atoms with Crippen molar-refractivity contribution in [2.24, 2.45) is 0 Å². The first kappa shape index (κ1) is 7.53. The van der Waals surface area contributed by atoms with E-state index in [0.29, 0.717) is 18.2 Å². The molecule has 4 atom stereocenters. The molecule has 0 amide bonds. The first-order chi connectivity index (χ1) is 5.18. The van der Waals surface area contributed by atoms with Crippen LogP contribution in [0.3, 0.4) is 0 Å². The van der Waals surface area contributed by atoms with Crippen LogP contribution in [0.2, 0.25) is 0 Å². The fourth-order valence-corrected chi connectivity index (χ4v) is 1.99. The third-order valence-corrected chi connectivity index (χ3v) is 2.72. The van der Waals surface area contributed by atoms with Gasteiger partial charge in [-0.05, 0) is 20.4 Å². The molecule has 2 fully saturated rings. The third kappa shape index (κ3) is 1.28. The van der Waals surface area contributed by atoms with Crippen molar-refractivity contribution in [2.45, 2.75) is 37.7 Å². The van der Waals surface area contributed by atoms with Crippen molar-refractivity contribution in [1.82, 2.24) is 4.90 Å². The van der Waals surface area contributed by atoms with E-state index in [1.165, 1.54) is 0 Å². The van der Waals surface area contributed by atoms with E-state index in [1.807, 2.05) is 0 Å². The number of nitrogens with zero attached hydrogens (tertiary/aromatic N) is 1. The summed E-state index contributed by atoms with van der Waals surface area (Å²) in [4.78, 5) is 2.19. The first-order valence-corrected chi connectivity index (χ1v) is 4.22. The summed E-state index contributed by atoms with van der Waals surface area (Å²) in [6, 6.07) is 0.458. The van der Waals surface area contributed by atoms with Crippen LogP contribution in [-0.2, 0) is 4.74 Å². The lowest BCUT2D eigenvalue weighted by Crippen LogP contribution is -2.30. The smallest absolute Gasteiger partial charge is 0.0994 e. The monoisotopic (exact) mass is 157 g/mol. The van der Waals surface area contributed by atoms with Gasteiger partial charge in [0.2, 0.25) is 0 Å². The Morgan fingerprint density at radius 3 is 2.55 bits per heavy atom. The van der Waals surface area contributed by atoms with Gasteiger partial charge in [0.1, 0.15) is 0 Å². The van der Waals surface area contributed by atoms with Gasteiger partial charge >= 0.3 is 0 Å². The molecule has 11 heavy (non-hydrogen) atoms. The van der Waals surface area contributed by atoms with E-state index < -0.39 is 0 Å². The van der Waals surface area contributed by atoms with Gasteiger partial charge in [-0.2, -0.15) is 0 Å². The van der Waals surface area contributed by atoms with E-state index in [2.05, 4.69) is 18.9 Å². The van der Waals surface area contributed by atoms with Crippen molar-refractivity contribution in [1.29, 1.82) is 0 Å². The molecule has 0 aromatic heterocycles. The fourth-order valence-electron chi connectivity index (χ4n) is 1.99. The maximum atomic E-state index is 9.34. The molecule has 4 unspecified atom stereocenters. The lowest BCUT2D eigenvalue weighted by Gasteiger charge is -2.15. The topological polar surface area (TPSA) is 36.0 Å². The minimum absolute atomic E-state index is 0.138. The van der Waals surface area contributed by atoms with Crippen LogP contribution in [0.15, 0.2) is 0 Å². The van der Waals surface area contributed by atoms with Crippen LogP contribution in [0.1, 0.15) is 13.3 Å². The van der Waals surface area contributed by atoms with Gasteiger partial charge in [0.15, 0.2) is 0 Å². The van der Waals surface area contributed by atoms with E-state index in [9.17, 15) is 5.11 Å². The highest BCUT2D eigenvalue weighted by Gasteiger charge is 2.46. The van der Waals surface area contributed by atoms with Gasteiger partial charge in [0, 0.05) is 12.6 Å². The molecule has 0 spiro atoms. The van der Waals surface area contributed by atoms with Crippen LogP contribution < -0.4 is 0 Å². The molecule has 1 N–H and O–H groups in total. The van der Waals surface area contributed by atoms with E-state index in [4.69, 9.17) is 4.74 Å². The number of β-amino-alcohol motifs (C(OH)–C–C–N with tert-alkyl or cyclic N) is 1. The Kier molecular flexibility index (Phi) is 1.67. The molecule has 0 aromatic carbocycles. The van der Waals surface area contributed by atoms with Gasteiger partial charge in [0.05, 0.1) is 18.3 Å². The molecule has 64 valence electrons. The highest BCUT2D eigenvalue weighted by molar-refractivity contribution is 4.97. The highest BCUT2D eigenvalue weighted by atomic mass is 16.6. The maximum absolute atomic E-state index is 9.34. The predicted molar refractivity (Wildman–Crippen MR) is 41.4 cm³/mol. The lowest BCUT2D eigenvalue weighted by atomic mass is 10.1. The number of ether oxygens (including phenoxy) is 1. The van der Waals surface area contributed by atoms with Crippen LogP contribution in [0, 0.1) is 0 Å². The average Bonchev–Trinajstić information content (AvgIpc) is 2.52. The molecular formula is C8H15NO2. The number of rotatable bonds is 1. The summed E-state index contributed by atoms with van der Waals surface area (Å²) >= 11 is 0. The number of hydrogen-bond acceptors (Lipinski definition) is 3. The first-order valence-electron chi connectivity index (χ1n) is 4.22. The summed E-state index contributed by atoms with van der Waals surface area (Å²) < 4.78 is 5.37. The molecule has 0 aromatic rings. The molecule has 2 aliphatic rings. The second-order valence-corrected chi connectivity index (χ2v) is 3.70. The van der Waals surface area contributed by atoms with Crippen LogP contribution in [0.25, 0.3) is 0 Å². The van der Waals surface area contributed by atoms with Gasteiger partial charge < -0.3 is 9.84 Å². The van der Waals surface area contributed by atoms with Crippen LogP contribution in [-0.4, -0.2) is 48.0 Å². The van der Waals surface area contributed by atoms with Crippen LogP contribution >= 0.6 is 0 Å². The Morgan fingerprint density at radius 2 is 2.18 bits per heavy atom. The minimum Gasteiger partial charge on any atom is -0.392 e. The molecule has 3 nitrogen and oxygen atoms in total. The standard InChI is InChI=1S/C8H15NO2/c1-5-8(11-5)7-3-6(10)4-9(7)2/h5-8,10H,3-4H2,1-2H3. The van der Waals surface area contributed by atoms with Crippen molar-refractivity contribution in [3.05, 3.63) is 0 Å². The minimum atomic E-state index is -0.138. The number of hydrogen-bond donors (Lipinski definition) is 1. The Bertz CT molecular complexity index is 160. The van der Waals surface area contributed by atoms with Crippen molar-refractivity contribution in [3.8, 4) is 0 Å². The number of likely N-dealkylation sites (N-methyl/N-ethyl adjacent to an activating group) is 1. The van der Waals surface area contributed by atoms with Gasteiger partial charge in [-0.1, -0.05) is 0 Å². The summed E-state index contributed by atoms with van der Waals surface area (Å²) in [5.74, 6) is 0. The van der Waals surface area contributed by atoms with Gasteiger partial charge in [-0.15, -0.1) is 0 Å². The second kappa shape index (κ2) is 2.44. The largest absolute Gasteiger partial charge is 0.392 e. The zero-order valence-electron chi connectivity index (χ0n) is 7.03. The third-order valence-electron chi connectivity index (χ3n) is 2.72. The summed E-state index contributed by atoms with van der Waals surface area (Å²) in [7, 11) is 2.05. The summed E-state index contributed by atoms with van der Waals surface area (Å²) in [5, 5.41) is 9.34. The number of aliphatic hydroxyl groups excluding tert-OH is 1. The van der Waals surface area contributed by atoms with Crippen molar-refractivity contribution in [2.75, 3.05) is 13.6 Å². The lowest BCUT2D eigenvalue weighted by molar-refractivity contribution is 0.182. The average molecular weight is 157 g/mol. The van der Waals surface area contributed by atoms with Gasteiger partial charge in [-0.25, -0.2) is 0 Å². The molecule has 0 bridgehead atoms. The van der Waals surface area contributed by atoms with E-state index >= 15 is 0 Å². The van der Waals surface area contributed by atoms with Crippen LogP contribution in [0.5, 0.6) is 0 Å². The molecule has 2 rings (SSSR count). The molecular weight excluding hydrogens is 142 g/mol. The Labute approximate surface area is 66.9 Å². The van der Waals surface area contributed by atoms with Crippen molar-refractivity contribution >= 4 is 0 Å². The van der Waals surface area contributed by atoms with E-state index in [0.717, 1.165) is 13.0 Å². The van der Waals surface area contributed by atoms with Crippen molar-refractivity contribution in [3.63, 3.8) is 0 Å². The van der Waals surface area contributed by atoms with Gasteiger partial charge in [0.25, 0.3) is 0 Å². The number of aliphatic hydroxyl groups is 1. The summed E-state index contributed by atoms with van der Waals surface area (Å²) in [6.07, 6.45) is 1.54. The molecule has 2 aliphatic heterocycles. The number of epoxide rings is 1. The molecule has 2 heterocycles. The number of likely N-dealkylation sites (tertiary alicyclic amines) is 1. The summed E-state index contributed by atoms with van der Waals surface area (Å²) in [5.41, 5.74) is 0. The molecule has 0 aliphatic carbocycles. The quantitative estimate of drug-likeness (QED) is 0.537. The van der Waals surface area contributed by atoms with Crippen molar-refractivity contribution < 1.29 is 9.84 Å². The molecule has 0 radical (unpaired) electrons. The normalized spacial score (nSPS) is 51.5. The maximum Gasteiger partial charge on any atom is 0.0994 e. The van der Waals surface area contributed by atoms with Gasteiger partial charge in [-0.3, -0.25) is 4.90 Å². The Morgan fingerprint density at radius 1 is 1.55 bits per heavy atom. The molecule has 2 saturated heterocycles. The zero-order valence-corrected chi connectivity index (χ0v) is 7.03. The Hall–Kier alpha value is -0.120. The SMILES string of the molecule is CC1OC1C1CC(O)CN1C. The predicted octanol–water partition coefficient (Wildman–Crippen LogP) is -0.161. The molecule has 0 saturated carbocycles. The summed E-state index contributed by atoms with van der Waals surface area (Å²) in [6.45, 7) is 2.89. The highest BCUT2D eigenvalue weighted by Crippen LogP contribution is 2.32. The van der Waals surface area contributed by atoms with E-state index in [-0.39, 0.29) is 6.10 Å². The second-order valence-electron chi connectivity index (χ2n) is 3.70. The van der Waals surface area contributed by atoms with Crippen LogP contribution in [0.4, 0.5) is 0 Å². The Balaban J connectivity index is 1.94. The zero-order chi connectivity index (χ0) is 8.01. The van der Waals surface area contributed by atoms with E-state index in [1.54, 1.807) is 0 Å². The molecule has 3 heteroatoms.